The Kier molecular flexibility index (Phi) is 5.39. The number of carbonyl (C=O) groups is 1. The molecule has 0 aromatic carbocycles. The van der Waals surface area contributed by atoms with E-state index in [1.165, 1.54) is 6.42 Å². The van der Waals surface area contributed by atoms with E-state index < -0.39 is 6.03 Å². The van der Waals surface area contributed by atoms with Gasteiger partial charge in [0.05, 0.1) is 11.3 Å². The number of amides is 2. The second-order valence-corrected chi connectivity index (χ2v) is 4.02. The van der Waals surface area contributed by atoms with Gasteiger partial charge in [-0.05, 0) is 12.8 Å². The zero-order valence-electron chi connectivity index (χ0n) is 8.62. The highest BCUT2D eigenvalue weighted by atomic mass is 35.5. The van der Waals surface area contributed by atoms with Gasteiger partial charge in [0.15, 0.2) is 0 Å². The third-order valence-electron chi connectivity index (χ3n) is 2.59. The van der Waals surface area contributed by atoms with Crippen molar-refractivity contribution < 1.29 is 4.79 Å². The Morgan fingerprint density at radius 2 is 2.07 bits per heavy atom. The summed E-state index contributed by atoms with van der Waals surface area (Å²) in [5, 5.41) is 6.35. The molecule has 0 aliphatic heterocycles. The fourth-order valence-electron chi connectivity index (χ4n) is 1.83. The maximum Gasteiger partial charge on any atom is 0.340 e. The van der Waals surface area contributed by atoms with E-state index >= 15 is 0 Å². The van der Waals surface area contributed by atoms with Crippen LogP contribution in [0.3, 0.4) is 0 Å². The number of nitroso groups, excluding NO2 is 1. The first-order chi connectivity index (χ1) is 7.29. The van der Waals surface area contributed by atoms with E-state index in [9.17, 15) is 9.70 Å². The molecule has 0 bridgehead atoms. The summed E-state index contributed by atoms with van der Waals surface area (Å²) >= 11 is 5.44. The SMILES string of the molecule is O=NN(C(=O)NCCCl)C1CCCCC1. The van der Waals surface area contributed by atoms with Crippen LogP contribution in [0.25, 0.3) is 0 Å². The highest BCUT2D eigenvalue weighted by Crippen LogP contribution is 2.22. The monoisotopic (exact) mass is 233 g/mol. The van der Waals surface area contributed by atoms with Crippen LogP contribution in [0.4, 0.5) is 4.79 Å². The van der Waals surface area contributed by atoms with E-state index in [4.69, 9.17) is 11.6 Å². The summed E-state index contributed by atoms with van der Waals surface area (Å²) in [5.41, 5.74) is 0. The zero-order chi connectivity index (χ0) is 11.1. The van der Waals surface area contributed by atoms with Gasteiger partial charge in [0.1, 0.15) is 0 Å². The molecule has 0 atom stereocenters. The van der Waals surface area contributed by atoms with Gasteiger partial charge < -0.3 is 5.32 Å². The predicted octanol–water partition coefficient (Wildman–Crippen LogP) is 2.25. The predicted molar refractivity (Wildman–Crippen MR) is 58.6 cm³/mol. The van der Waals surface area contributed by atoms with Crippen LogP contribution in [-0.4, -0.2) is 29.5 Å². The molecule has 1 N–H and O–H groups in total. The molecule has 1 saturated carbocycles. The van der Waals surface area contributed by atoms with Crippen LogP contribution in [0.5, 0.6) is 0 Å². The molecule has 1 aliphatic carbocycles. The van der Waals surface area contributed by atoms with E-state index in [2.05, 4.69) is 10.6 Å². The number of carbonyl (C=O) groups excluding carboxylic acids is 1. The van der Waals surface area contributed by atoms with Crippen molar-refractivity contribution in [2.24, 2.45) is 5.29 Å². The van der Waals surface area contributed by atoms with E-state index in [0.717, 1.165) is 30.7 Å². The van der Waals surface area contributed by atoms with Crippen molar-refractivity contribution in [2.45, 2.75) is 38.1 Å². The first kappa shape index (κ1) is 12.2. The molecule has 0 spiro atoms. The lowest BCUT2D eigenvalue weighted by atomic mass is 9.95. The molecule has 1 fully saturated rings. The highest BCUT2D eigenvalue weighted by Gasteiger charge is 2.26. The van der Waals surface area contributed by atoms with E-state index in [1.54, 1.807) is 0 Å². The molecule has 0 aromatic heterocycles. The number of hydrogen-bond donors (Lipinski definition) is 1. The Labute approximate surface area is 94.1 Å². The second kappa shape index (κ2) is 6.61. The van der Waals surface area contributed by atoms with Crippen LogP contribution in [-0.2, 0) is 0 Å². The Morgan fingerprint density at radius 1 is 1.40 bits per heavy atom. The Morgan fingerprint density at radius 3 is 2.60 bits per heavy atom. The summed E-state index contributed by atoms with van der Waals surface area (Å²) in [6.45, 7) is 0.360. The van der Waals surface area contributed by atoms with Crippen LogP contribution in [0.2, 0.25) is 0 Å². The first-order valence-corrected chi connectivity index (χ1v) is 5.79. The summed E-state index contributed by atoms with van der Waals surface area (Å²) in [7, 11) is 0. The minimum absolute atomic E-state index is 0.0356. The number of rotatable bonds is 4. The molecule has 0 saturated heterocycles. The van der Waals surface area contributed by atoms with Crippen molar-refractivity contribution in [3.8, 4) is 0 Å². The van der Waals surface area contributed by atoms with Gasteiger partial charge in [0, 0.05) is 12.4 Å². The molecule has 0 heterocycles. The lowest BCUT2D eigenvalue weighted by molar-refractivity contribution is 0.158. The average molecular weight is 234 g/mol. The number of hydrogen-bond acceptors (Lipinski definition) is 3. The maximum absolute atomic E-state index is 11.5. The molecular formula is C9H16ClN3O2. The molecule has 0 radical (unpaired) electrons. The topological polar surface area (TPSA) is 61.8 Å². The van der Waals surface area contributed by atoms with Gasteiger partial charge in [0.25, 0.3) is 0 Å². The Hall–Kier alpha value is -0.840. The molecular weight excluding hydrogens is 218 g/mol. The number of alkyl halides is 1. The number of nitrogens with zero attached hydrogens (tertiary/aromatic N) is 2. The van der Waals surface area contributed by atoms with Gasteiger partial charge in [-0.25, -0.2) is 4.79 Å². The second-order valence-electron chi connectivity index (χ2n) is 3.64. The number of urea groups is 1. The van der Waals surface area contributed by atoms with E-state index in [1.807, 2.05) is 0 Å². The van der Waals surface area contributed by atoms with Crippen molar-refractivity contribution >= 4 is 17.6 Å². The van der Waals surface area contributed by atoms with Crippen molar-refractivity contribution in [1.82, 2.24) is 10.3 Å². The largest absolute Gasteiger partial charge is 0.340 e. The summed E-state index contributed by atoms with van der Waals surface area (Å²) in [5.74, 6) is 0.336. The average Bonchev–Trinajstić information content (AvgIpc) is 2.29. The Bertz CT molecular complexity index is 219. The molecule has 1 aliphatic rings. The van der Waals surface area contributed by atoms with Gasteiger partial charge in [-0.15, -0.1) is 16.5 Å². The molecule has 5 nitrogen and oxygen atoms in total. The molecule has 1 rings (SSSR count). The van der Waals surface area contributed by atoms with Gasteiger partial charge in [-0.3, -0.25) is 0 Å². The van der Waals surface area contributed by atoms with E-state index in [0.29, 0.717) is 12.4 Å². The van der Waals surface area contributed by atoms with E-state index in [-0.39, 0.29) is 6.04 Å². The molecule has 0 aromatic rings. The highest BCUT2D eigenvalue weighted by molar-refractivity contribution is 6.18. The normalized spacial score (nSPS) is 17.1. The lowest BCUT2D eigenvalue weighted by Crippen LogP contribution is -2.44. The number of halogens is 1. The van der Waals surface area contributed by atoms with Crippen molar-refractivity contribution in [2.75, 3.05) is 12.4 Å². The van der Waals surface area contributed by atoms with Gasteiger partial charge >= 0.3 is 6.03 Å². The summed E-state index contributed by atoms with van der Waals surface area (Å²) in [4.78, 5) is 22.1. The fourth-order valence-corrected chi connectivity index (χ4v) is 1.92. The summed E-state index contributed by atoms with van der Waals surface area (Å²) < 4.78 is 0. The molecule has 2 amide bonds. The summed E-state index contributed by atoms with van der Waals surface area (Å²) in [6.07, 6.45) is 5.01. The van der Waals surface area contributed by atoms with Crippen LogP contribution >= 0.6 is 11.6 Å². The van der Waals surface area contributed by atoms with Gasteiger partial charge in [0.2, 0.25) is 0 Å². The first-order valence-electron chi connectivity index (χ1n) is 5.26. The smallest absolute Gasteiger partial charge is 0.335 e. The van der Waals surface area contributed by atoms with Crippen molar-refractivity contribution in [3.63, 3.8) is 0 Å². The third-order valence-corrected chi connectivity index (χ3v) is 2.78. The zero-order valence-corrected chi connectivity index (χ0v) is 9.37. The molecule has 15 heavy (non-hydrogen) atoms. The molecule has 6 heteroatoms. The minimum Gasteiger partial charge on any atom is -0.335 e. The van der Waals surface area contributed by atoms with Crippen LogP contribution in [0.1, 0.15) is 32.1 Å². The van der Waals surface area contributed by atoms with Crippen molar-refractivity contribution in [1.29, 1.82) is 0 Å². The van der Waals surface area contributed by atoms with Crippen LogP contribution in [0, 0.1) is 4.91 Å². The lowest BCUT2D eigenvalue weighted by Gasteiger charge is -2.27. The number of nitrogens with one attached hydrogen (secondary N) is 1. The quantitative estimate of drug-likeness (QED) is 0.460. The maximum atomic E-state index is 11.5. The van der Waals surface area contributed by atoms with Gasteiger partial charge in [-0.2, -0.15) is 5.01 Å². The molecule has 0 unspecified atom stereocenters. The summed E-state index contributed by atoms with van der Waals surface area (Å²) in [6, 6.07) is -0.468. The van der Waals surface area contributed by atoms with Crippen LogP contribution in [0.15, 0.2) is 5.29 Å². The fraction of sp³-hybridized carbons (Fsp3) is 0.889. The minimum atomic E-state index is -0.433. The standard InChI is InChI=1S/C9H16ClN3O2/c10-6-7-11-9(14)13(12-15)8-4-2-1-3-5-8/h8H,1-7H2,(H,11,14). The third kappa shape index (κ3) is 3.66. The Balaban J connectivity index is 2.45. The van der Waals surface area contributed by atoms with Crippen LogP contribution < -0.4 is 5.32 Å². The molecule has 86 valence electrons. The van der Waals surface area contributed by atoms with Crippen molar-refractivity contribution in [3.05, 3.63) is 4.91 Å². The van der Waals surface area contributed by atoms with Gasteiger partial charge in [-0.1, -0.05) is 19.3 Å².